The van der Waals surface area contributed by atoms with Crippen molar-refractivity contribution in [1.29, 1.82) is 0 Å². The summed E-state index contributed by atoms with van der Waals surface area (Å²) in [5.74, 6) is 1.98. The zero-order valence-electron chi connectivity index (χ0n) is 10.6. The van der Waals surface area contributed by atoms with Crippen molar-refractivity contribution in [2.75, 3.05) is 39.1 Å². The number of nitrogens with zero attached hydrogens (tertiary/aromatic N) is 4. The summed E-state index contributed by atoms with van der Waals surface area (Å²) in [5.41, 5.74) is 2.57. The quantitative estimate of drug-likeness (QED) is 0.703. The molecule has 0 aromatic carbocycles. The third-order valence-electron chi connectivity index (χ3n) is 3.08. The van der Waals surface area contributed by atoms with Crippen LogP contribution in [-0.2, 0) is 12.8 Å². The Morgan fingerprint density at radius 3 is 2.50 bits per heavy atom. The molecule has 2 heterocycles. The number of likely N-dealkylation sites (N-methyl/N-ethyl adjacent to an activating group) is 1. The molecular weight excluding hydrogens is 200 g/mol. The number of fused-ring (bicyclic) bond motifs is 1. The van der Waals surface area contributed by atoms with Crippen LogP contribution in [0.25, 0.3) is 0 Å². The lowest BCUT2D eigenvalue weighted by molar-refractivity contribution is 0.352. The van der Waals surface area contributed by atoms with Crippen LogP contribution in [0.3, 0.4) is 0 Å². The molecule has 1 aliphatic rings. The SMILES string of the molecule is Cc1nc2c(c(N(C)C)n1)CCN(C)CC2. The van der Waals surface area contributed by atoms with Crippen molar-refractivity contribution >= 4 is 5.82 Å². The fourth-order valence-electron chi connectivity index (χ4n) is 2.18. The fourth-order valence-corrected chi connectivity index (χ4v) is 2.18. The summed E-state index contributed by atoms with van der Waals surface area (Å²) in [5, 5.41) is 0. The molecule has 0 spiro atoms. The Kier molecular flexibility index (Phi) is 3.10. The first-order chi connectivity index (χ1) is 7.58. The van der Waals surface area contributed by atoms with E-state index in [0.29, 0.717) is 0 Å². The molecule has 0 N–H and O–H groups in total. The number of aromatic nitrogens is 2. The first-order valence-electron chi connectivity index (χ1n) is 5.80. The van der Waals surface area contributed by atoms with Crippen LogP contribution < -0.4 is 4.90 Å². The molecule has 1 aromatic rings. The Bertz CT molecular complexity index is 387. The first kappa shape index (κ1) is 11.3. The Hall–Kier alpha value is -1.16. The van der Waals surface area contributed by atoms with Gasteiger partial charge >= 0.3 is 0 Å². The molecule has 2 rings (SSSR count). The average molecular weight is 220 g/mol. The predicted octanol–water partition coefficient (Wildman–Crippen LogP) is 0.881. The van der Waals surface area contributed by atoms with Crippen molar-refractivity contribution in [3.8, 4) is 0 Å². The summed E-state index contributed by atoms with van der Waals surface area (Å²) in [7, 11) is 6.27. The van der Waals surface area contributed by atoms with Gasteiger partial charge in [-0.1, -0.05) is 0 Å². The monoisotopic (exact) mass is 220 g/mol. The topological polar surface area (TPSA) is 32.3 Å². The summed E-state index contributed by atoms with van der Waals surface area (Å²) >= 11 is 0. The maximum atomic E-state index is 4.59. The minimum atomic E-state index is 0.881. The van der Waals surface area contributed by atoms with E-state index in [1.54, 1.807) is 0 Å². The van der Waals surface area contributed by atoms with E-state index in [-0.39, 0.29) is 0 Å². The van der Waals surface area contributed by atoms with Crippen LogP contribution in [-0.4, -0.2) is 49.1 Å². The van der Waals surface area contributed by atoms with E-state index in [0.717, 1.165) is 37.6 Å². The van der Waals surface area contributed by atoms with E-state index in [1.165, 1.54) is 11.3 Å². The lowest BCUT2D eigenvalue weighted by atomic mass is 10.1. The van der Waals surface area contributed by atoms with Crippen LogP contribution in [0, 0.1) is 6.92 Å². The maximum Gasteiger partial charge on any atom is 0.135 e. The molecule has 4 heteroatoms. The third-order valence-corrected chi connectivity index (χ3v) is 3.08. The molecule has 0 aliphatic carbocycles. The molecule has 0 bridgehead atoms. The second kappa shape index (κ2) is 4.37. The number of rotatable bonds is 1. The molecule has 4 nitrogen and oxygen atoms in total. The van der Waals surface area contributed by atoms with E-state index in [1.807, 2.05) is 6.92 Å². The van der Waals surface area contributed by atoms with Crippen molar-refractivity contribution in [3.05, 3.63) is 17.1 Å². The van der Waals surface area contributed by atoms with Gasteiger partial charge in [-0.05, 0) is 20.4 Å². The zero-order chi connectivity index (χ0) is 11.7. The number of aryl methyl sites for hydroxylation is 1. The summed E-state index contributed by atoms with van der Waals surface area (Å²) in [6.07, 6.45) is 2.09. The van der Waals surface area contributed by atoms with Crippen LogP contribution >= 0.6 is 0 Å². The van der Waals surface area contributed by atoms with Gasteiger partial charge in [-0.2, -0.15) is 0 Å². The van der Waals surface area contributed by atoms with Gasteiger partial charge in [0.2, 0.25) is 0 Å². The molecule has 16 heavy (non-hydrogen) atoms. The summed E-state index contributed by atoms with van der Waals surface area (Å²) in [6, 6.07) is 0. The molecule has 0 unspecified atom stereocenters. The molecule has 0 amide bonds. The standard InChI is InChI=1S/C12H20N4/c1-9-13-11-6-8-16(4)7-5-10(11)12(14-9)15(2)3/h5-8H2,1-4H3. The van der Waals surface area contributed by atoms with Crippen molar-refractivity contribution in [2.24, 2.45) is 0 Å². The largest absolute Gasteiger partial charge is 0.362 e. The lowest BCUT2D eigenvalue weighted by Crippen LogP contribution is -2.21. The molecule has 0 saturated heterocycles. The van der Waals surface area contributed by atoms with Crippen LogP contribution in [0.5, 0.6) is 0 Å². The van der Waals surface area contributed by atoms with Gasteiger partial charge in [0.05, 0.1) is 5.69 Å². The van der Waals surface area contributed by atoms with Crippen molar-refractivity contribution in [3.63, 3.8) is 0 Å². The highest BCUT2D eigenvalue weighted by molar-refractivity contribution is 5.48. The molecule has 0 atom stereocenters. The molecular formula is C12H20N4. The van der Waals surface area contributed by atoms with E-state index in [4.69, 9.17) is 0 Å². The second-order valence-electron chi connectivity index (χ2n) is 4.72. The second-order valence-corrected chi connectivity index (χ2v) is 4.72. The van der Waals surface area contributed by atoms with E-state index in [9.17, 15) is 0 Å². The Morgan fingerprint density at radius 1 is 1.12 bits per heavy atom. The minimum Gasteiger partial charge on any atom is -0.362 e. The van der Waals surface area contributed by atoms with Gasteiger partial charge in [0.25, 0.3) is 0 Å². The Balaban J connectivity index is 2.45. The maximum absolute atomic E-state index is 4.59. The average Bonchev–Trinajstić information content (AvgIpc) is 2.40. The fraction of sp³-hybridized carbons (Fsp3) is 0.667. The number of anilines is 1. The van der Waals surface area contributed by atoms with Gasteiger partial charge in [-0.3, -0.25) is 0 Å². The third kappa shape index (κ3) is 2.16. The molecule has 88 valence electrons. The number of hydrogen-bond acceptors (Lipinski definition) is 4. The van der Waals surface area contributed by atoms with Gasteiger partial charge in [-0.25, -0.2) is 9.97 Å². The van der Waals surface area contributed by atoms with E-state index >= 15 is 0 Å². The van der Waals surface area contributed by atoms with Crippen molar-refractivity contribution in [2.45, 2.75) is 19.8 Å². The van der Waals surface area contributed by atoms with Crippen LogP contribution in [0.2, 0.25) is 0 Å². The van der Waals surface area contributed by atoms with Crippen molar-refractivity contribution < 1.29 is 0 Å². The van der Waals surface area contributed by atoms with Gasteiger partial charge in [0.1, 0.15) is 11.6 Å². The Labute approximate surface area is 97.3 Å². The lowest BCUT2D eigenvalue weighted by Gasteiger charge is -2.18. The Morgan fingerprint density at radius 2 is 1.81 bits per heavy atom. The predicted molar refractivity (Wildman–Crippen MR) is 66.0 cm³/mol. The van der Waals surface area contributed by atoms with Crippen LogP contribution in [0.15, 0.2) is 0 Å². The van der Waals surface area contributed by atoms with Crippen molar-refractivity contribution in [1.82, 2.24) is 14.9 Å². The van der Waals surface area contributed by atoms with E-state index in [2.05, 4.69) is 40.9 Å². The van der Waals surface area contributed by atoms with Gasteiger partial charge in [0, 0.05) is 39.2 Å². The summed E-state index contributed by atoms with van der Waals surface area (Å²) in [6.45, 7) is 4.17. The van der Waals surface area contributed by atoms with E-state index < -0.39 is 0 Å². The van der Waals surface area contributed by atoms with Gasteiger partial charge < -0.3 is 9.80 Å². The highest BCUT2D eigenvalue weighted by Gasteiger charge is 2.18. The normalized spacial score (nSPS) is 16.8. The molecule has 1 aromatic heterocycles. The van der Waals surface area contributed by atoms with Crippen LogP contribution in [0.4, 0.5) is 5.82 Å². The highest BCUT2D eigenvalue weighted by Crippen LogP contribution is 2.22. The first-order valence-corrected chi connectivity index (χ1v) is 5.80. The van der Waals surface area contributed by atoms with Gasteiger partial charge in [0.15, 0.2) is 0 Å². The summed E-state index contributed by atoms with van der Waals surface area (Å²) < 4.78 is 0. The molecule has 0 fully saturated rings. The number of hydrogen-bond donors (Lipinski definition) is 0. The molecule has 0 saturated carbocycles. The van der Waals surface area contributed by atoms with Gasteiger partial charge in [-0.15, -0.1) is 0 Å². The minimum absolute atomic E-state index is 0.881. The zero-order valence-corrected chi connectivity index (χ0v) is 10.6. The smallest absolute Gasteiger partial charge is 0.135 e. The highest BCUT2D eigenvalue weighted by atomic mass is 15.2. The molecule has 1 aliphatic heterocycles. The summed E-state index contributed by atoms with van der Waals surface area (Å²) in [4.78, 5) is 13.6. The van der Waals surface area contributed by atoms with Crippen LogP contribution in [0.1, 0.15) is 17.1 Å². The molecule has 0 radical (unpaired) electrons.